The summed E-state index contributed by atoms with van der Waals surface area (Å²) in [6.07, 6.45) is 9.50. The van der Waals surface area contributed by atoms with Crippen molar-refractivity contribution in [1.29, 1.82) is 0 Å². The average Bonchev–Trinajstić information content (AvgIpc) is 1.89. The number of allylic oxidation sites excluding steroid dienone is 1. The molecule has 56 valence electrons. The molecular formula is C9H14O. The summed E-state index contributed by atoms with van der Waals surface area (Å²) in [5, 5.41) is 9.71. The van der Waals surface area contributed by atoms with Crippen LogP contribution >= 0.6 is 0 Å². The summed E-state index contributed by atoms with van der Waals surface area (Å²) >= 11 is 0. The Labute approximate surface area is 62.1 Å². The Morgan fingerprint density at radius 2 is 2.50 bits per heavy atom. The molecule has 1 heteroatoms. The van der Waals surface area contributed by atoms with Crippen LogP contribution in [0.5, 0.6) is 0 Å². The van der Waals surface area contributed by atoms with E-state index in [-0.39, 0.29) is 0 Å². The fraction of sp³-hybridized carbons (Fsp3) is 0.556. The van der Waals surface area contributed by atoms with Crippen LogP contribution in [0.25, 0.3) is 0 Å². The predicted octanol–water partition coefficient (Wildman–Crippen LogP) is 2.03. The Morgan fingerprint density at radius 3 is 3.00 bits per heavy atom. The Hall–Kier alpha value is -0.560. The minimum absolute atomic E-state index is 0.569. The molecule has 1 nitrogen and oxygen atoms in total. The topological polar surface area (TPSA) is 20.2 Å². The first-order chi connectivity index (χ1) is 4.77. The van der Waals surface area contributed by atoms with E-state index in [9.17, 15) is 5.11 Å². The first-order valence-corrected chi connectivity index (χ1v) is 3.78. The van der Waals surface area contributed by atoms with Gasteiger partial charge in [0.25, 0.3) is 0 Å². The van der Waals surface area contributed by atoms with Crippen LogP contribution in [0.3, 0.4) is 0 Å². The maximum atomic E-state index is 9.71. The standard InChI is InChI=1S/C9H14O/c1-2-6-9(10)7-4-3-5-8-9/h2,4,7,10H,1,3,5-6,8H2. The second-order valence-electron chi connectivity index (χ2n) is 2.89. The Morgan fingerprint density at radius 1 is 1.70 bits per heavy atom. The second-order valence-corrected chi connectivity index (χ2v) is 2.89. The highest BCUT2D eigenvalue weighted by Crippen LogP contribution is 2.24. The summed E-state index contributed by atoms with van der Waals surface area (Å²) < 4.78 is 0. The highest BCUT2D eigenvalue weighted by Gasteiger charge is 2.22. The molecule has 0 radical (unpaired) electrons. The van der Waals surface area contributed by atoms with Gasteiger partial charge in [-0.3, -0.25) is 0 Å². The lowest BCUT2D eigenvalue weighted by Gasteiger charge is -2.25. The monoisotopic (exact) mass is 138 g/mol. The van der Waals surface area contributed by atoms with Crippen molar-refractivity contribution in [1.82, 2.24) is 0 Å². The molecular weight excluding hydrogens is 124 g/mol. The molecule has 0 saturated heterocycles. The van der Waals surface area contributed by atoms with Gasteiger partial charge in [-0.1, -0.05) is 18.2 Å². The molecule has 0 saturated carbocycles. The van der Waals surface area contributed by atoms with Crippen molar-refractivity contribution < 1.29 is 5.11 Å². The quantitative estimate of drug-likeness (QED) is 0.579. The molecule has 0 fully saturated rings. The molecule has 0 amide bonds. The van der Waals surface area contributed by atoms with Gasteiger partial charge in [0.2, 0.25) is 0 Å². The van der Waals surface area contributed by atoms with Gasteiger partial charge in [0.05, 0.1) is 5.60 Å². The van der Waals surface area contributed by atoms with E-state index in [1.54, 1.807) is 6.08 Å². The minimum Gasteiger partial charge on any atom is -0.385 e. The summed E-state index contributed by atoms with van der Waals surface area (Å²) in [7, 11) is 0. The van der Waals surface area contributed by atoms with Crippen LogP contribution in [0.4, 0.5) is 0 Å². The lowest BCUT2D eigenvalue weighted by Crippen LogP contribution is -2.26. The third kappa shape index (κ3) is 1.71. The third-order valence-corrected chi connectivity index (χ3v) is 1.91. The van der Waals surface area contributed by atoms with Crippen LogP contribution in [-0.2, 0) is 0 Å². The second kappa shape index (κ2) is 3.02. The molecule has 0 aromatic rings. The lowest BCUT2D eigenvalue weighted by atomic mass is 9.88. The third-order valence-electron chi connectivity index (χ3n) is 1.91. The minimum atomic E-state index is -0.569. The molecule has 1 aliphatic rings. The summed E-state index contributed by atoms with van der Waals surface area (Å²) in [4.78, 5) is 0. The van der Waals surface area contributed by atoms with E-state index in [4.69, 9.17) is 0 Å². The zero-order chi connectivity index (χ0) is 7.45. The van der Waals surface area contributed by atoms with Gasteiger partial charge in [0.15, 0.2) is 0 Å². The van der Waals surface area contributed by atoms with Gasteiger partial charge in [0.1, 0.15) is 0 Å². The van der Waals surface area contributed by atoms with Crippen LogP contribution in [0.2, 0.25) is 0 Å². The summed E-state index contributed by atoms with van der Waals surface area (Å²) in [5.74, 6) is 0. The maximum Gasteiger partial charge on any atom is 0.0861 e. The van der Waals surface area contributed by atoms with Gasteiger partial charge in [-0.05, 0) is 25.7 Å². The molecule has 0 aromatic carbocycles. The highest BCUT2D eigenvalue weighted by atomic mass is 16.3. The van der Waals surface area contributed by atoms with Gasteiger partial charge in [-0.2, -0.15) is 0 Å². The van der Waals surface area contributed by atoms with Crippen molar-refractivity contribution in [2.45, 2.75) is 31.3 Å². The first-order valence-electron chi connectivity index (χ1n) is 3.78. The maximum absolute atomic E-state index is 9.71. The molecule has 1 aliphatic carbocycles. The molecule has 0 aromatic heterocycles. The number of rotatable bonds is 2. The van der Waals surface area contributed by atoms with E-state index < -0.39 is 5.60 Å². The zero-order valence-corrected chi connectivity index (χ0v) is 6.21. The van der Waals surface area contributed by atoms with Crippen LogP contribution in [-0.4, -0.2) is 10.7 Å². The highest BCUT2D eigenvalue weighted by molar-refractivity contribution is 5.07. The largest absolute Gasteiger partial charge is 0.385 e. The molecule has 1 rings (SSSR count). The van der Waals surface area contributed by atoms with Crippen molar-refractivity contribution in [3.63, 3.8) is 0 Å². The summed E-state index contributed by atoms with van der Waals surface area (Å²) in [6, 6.07) is 0. The Kier molecular flexibility index (Phi) is 2.28. The van der Waals surface area contributed by atoms with Gasteiger partial charge in [-0.25, -0.2) is 0 Å². The molecule has 10 heavy (non-hydrogen) atoms. The first kappa shape index (κ1) is 7.55. The van der Waals surface area contributed by atoms with Crippen LogP contribution in [0.1, 0.15) is 25.7 Å². The fourth-order valence-electron chi connectivity index (χ4n) is 1.33. The Bertz CT molecular complexity index is 149. The molecule has 0 aliphatic heterocycles. The van der Waals surface area contributed by atoms with E-state index in [2.05, 4.69) is 6.58 Å². The lowest BCUT2D eigenvalue weighted by molar-refractivity contribution is 0.0780. The number of aliphatic hydroxyl groups is 1. The SMILES string of the molecule is C=CCC1(O)C=CCCC1. The molecule has 0 bridgehead atoms. The van der Waals surface area contributed by atoms with E-state index in [0.29, 0.717) is 6.42 Å². The molecule has 1 unspecified atom stereocenters. The summed E-state index contributed by atoms with van der Waals surface area (Å²) in [6.45, 7) is 3.61. The van der Waals surface area contributed by atoms with Crippen LogP contribution in [0, 0.1) is 0 Å². The molecule has 1 N–H and O–H groups in total. The molecule has 1 atom stereocenters. The van der Waals surface area contributed by atoms with E-state index in [1.165, 1.54) is 0 Å². The number of hydrogen-bond donors (Lipinski definition) is 1. The van der Waals surface area contributed by atoms with Gasteiger partial charge in [0, 0.05) is 0 Å². The van der Waals surface area contributed by atoms with Crippen LogP contribution in [0.15, 0.2) is 24.8 Å². The van der Waals surface area contributed by atoms with E-state index >= 15 is 0 Å². The van der Waals surface area contributed by atoms with Crippen molar-refractivity contribution in [2.75, 3.05) is 0 Å². The van der Waals surface area contributed by atoms with Gasteiger partial charge in [-0.15, -0.1) is 6.58 Å². The van der Waals surface area contributed by atoms with E-state index in [0.717, 1.165) is 19.3 Å². The average molecular weight is 138 g/mol. The normalized spacial score (nSPS) is 32.1. The molecule has 0 spiro atoms. The van der Waals surface area contributed by atoms with Crippen LogP contribution < -0.4 is 0 Å². The van der Waals surface area contributed by atoms with Crippen molar-refractivity contribution in [3.8, 4) is 0 Å². The summed E-state index contributed by atoms with van der Waals surface area (Å²) in [5.41, 5.74) is -0.569. The smallest absolute Gasteiger partial charge is 0.0861 e. The van der Waals surface area contributed by atoms with Gasteiger partial charge < -0.3 is 5.11 Å². The van der Waals surface area contributed by atoms with Crippen molar-refractivity contribution >= 4 is 0 Å². The van der Waals surface area contributed by atoms with E-state index in [1.807, 2.05) is 12.2 Å². The number of hydrogen-bond acceptors (Lipinski definition) is 1. The fourth-order valence-corrected chi connectivity index (χ4v) is 1.33. The van der Waals surface area contributed by atoms with Crippen molar-refractivity contribution in [3.05, 3.63) is 24.8 Å². The predicted molar refractivity (Wildman–Crippen MR) is 42.8 cm³/mol. The van der Waals surface area contributed by atoms with Gasteiger partial charge >= 0.3 is 0 Å². The Balaban J connectivity index is 2.56. The van der Waals surface area contributed by atoms with Crippen molar-refractivity contribution in [2.24, 2.45) is 0 Å². The molecule has 0 heterocycles. The zero-order valence-electron chi connectivity index (χ0n) is 6.21.